The molecule has 0 unspecified atom stereocenters. The molecule has 0 atom stereocenters. The number of nitrogens with zero attached hydrogens (tertiary/aromatic N) is 5. The smallest absolute Gasteiger partial charge is 0.164 e. The Kier molecular flexibility index (Phi) is 5.88. The summed E-state index contributed by atoms with van der Waals surface area (Å²) in [6.45, 7) is 4.21. The largest absolute Gasteiger partial charge is 0.308 e. The maximum atomic E-state index is 10.2. The highest BCUT2D eigenvalue weighted by Gasteiger charge is 2.18. The predicted octanol–water partition coefficient (Wildman–Crippen LogP) is 8.46. The van der Waals surface area contributed by atoms with Crippen LogP contribution < -0.4 is 0 Å². The molecular formula is C36H25N5. The summed E-state index contributed by atoms with van der Waals surface area (Å²) >= 11 is 0. The fourth-order valence-electron chi connectivity index (χ4n) is 5.40. The molecule has 41 heavy (non-hydrogen) atoms. The van der Waals surface area contributed by atoms with Crippen molar-refractivity contribution in [1.82, 2.24) is 19.5 Å². The lowest BCUT2D eigenvalue weighted by molar-refractivity contribution is 1.07. The van der Waals surface area contributed by atoms with Gasteiger partial charge in [0, 0.05) is 27.5 Å². The summed E-state index contributed by atoms with van der Waals surface area (Å²) in [6.07, 6.45) is 0. The van der Waals surface area contributed by atoms with Gasteiger partial charge < -0.3 is 4.57 Å². The first-order valence-electron chi connectivity index (χ1n) is 13.5. The van der Waals surface area contributed by atoms with E-state index < -0.39 is 0 Å². The van der Waals surface area contributed by atoms with Gasteiger partial charge in [-0.05, 0) is 56.3 Å². The summed E-state index contributed by atoms with van der Waals surface area (Å²) in [5, 5.41) is 12.5. The number of aromatic nitrogens is 4. The minimum atomic E-state index is 0.552. The highest BCUT2D eigenvalue weighted by atomic mass is 15.0. The first-order chi connectivity index (χ1) is 20.1. The zero-order chi connectivity index (χ0) is 27.9. The normalized spacial score (nSPS) is 11.1. The molecule has 0 saturated heterocycles. The van der Waals surface area contributed by atoms with E-state index in [1.165, 1.54) is 11.1 Å². The second kappa shape index (κ2) is 9.86. The number of hydrogen-bond acceptors (Lipinski definition) is 4. The Bertz CT molecular complexity index is 2000. The summed E-state index contributed by atoms with van der Waals surface area (Å²) in [7, 11) is 0. The van der Waals surface area contributed by atoms with Crippen molar-refractivity contribution in [2.75, 3.05) is 0 Å². The van der Waals surface area contributed by atoms with Crippen LogP contribution in [0.25, 0.3) is 61.7 Å². The molecule has 0 spiro atoms. The van der Waals surface area contributed by atoms with Crippen LogP contribution in [0.2, 0.25) is 0 Å². The van der Waals surface area contributed by atoms with E-state index in [1.54, 1.807) is 0 Å². The van der Waals surface area contributed by atoms with Crippen LogP contribution in [0.5, 0.6) is 0 Å². The van der Waals surface area contributed by atoms with Crippen LogP contribution in [-0.2, 0) is 0 Å². The summed E-state index contributed by atoms with van der Waals surface area (Å²) in [5.41, 5.74) is 8.50. The maximum Gasteiger partial charge on any atom is 0.164 e. The second-order valence-corrected chi connectivity index (χ2v) is 10.3. The van der Waals surface area contributed by atoms with Crippen molar-refractivity contribution in [2.24, 2.45) is 0 Å². The Morgan fingerprint density at radius 1 is 0.537 bits per heavy atom. The van der Waals surface area contributed by atoms with Crippen molar-refractivity contribution in [1.29, 1.82) is 5.26 Å². The number of fused-ring (bicyclic) bond motifs is 3. The van der Waals surface area contributed by atoms with Gasteiger partial charge in [-0.25, -0.2) is 15.0 Å². The molecule has 5 heteroatoms. The van der Waals surface area contributed by atoms with Crippen LogP contribution in [-0.4, -0.2) is 19.5 Å². The third kappa shape index (κ3) is 4.32. The van der Waals surface area contributed by atoms with Gasteiger partial charge in [-0.2, -0.15) is 5.26 Å². The van der Waals surface area contributed by atoms with Gasteiger partial charge in [0.2, 0.25) is 0 Å². The third-order valence-electron chi connectivity index (χ3n) is 7.39. The lowest BCUT2D eigenvalue weighted by atomic mass is 10.1. The standard InChI is InChI=1S/C36H25N5/c1-23-13-17-31-29(19-23)30-20-24(2)14-18-32(30)41(31)33-21-27(15-16-28(33)22-37)36-39-34(25-9-5-3-6-10-25)38-35(40-36)26-11-7-4-8-12-26/h3-21H,1-2H3. The predicted molar refractivity (Wildman–Crippen MR) is 165 cm³/mol. The number of rotatable bonds is 4. The second-order valence-electron chi connectivity index (χ2n) is 10.3. The Labute approximate surface area is 238 Å². The Morgan fingerprint density at radius 3 is 1.51 bits per heavy atom. The number of nitriles is 1. The molecule has 0 saturated carbocycles. The van der Waals surface area contributed by atoms with Crippen LogP contribution in [0.4, 0.5) is 0 Å². The monoisotopic (exact) mass is 527 g/mol. The van der Waals surface area contributed by atoms with E-state index in [1.807, 2.05) is 78.9 Å². The molecule has 7 aromatic rings. The fraction of sp³-hybridized carbons (Fsp3) is 0.0556. The van der Waals surface area contributed by atoms with Crippen LogP contribution in [0.1, 0.15) is 16.7 Å². The van der Waals surface area contributed by atoms with Crippen molar-refractivity contribution >= 4 is 21.8 Å². The molecule has 0 aliphatic rings. The molecule has 2 aromatic heterocycles. The highest BCUT2D eigenvalue weighted by molar-refractivity contribution is 6.10. The van der Waals surface area contributed by atoms with Gasteiger partial charge in [-0.1, -0.05) is 83.9 Å². The van der Waals surface area contributed by atoms with Gasteiger partial charge in [0.1, 0.15) is 6.07 Å². The molecule has 194 valence electrons. The van der Waals surface area contributed by atoms with Crippen molar-refractivity contribution in [3.05, 3.63) is 132 Å². The average Bonchev–Trinajstić information content (AvgIpc) is 3.33. The first kappa shape index (κ1) is 24.4. The van der Waals surface area contributed by atoms with Crippen LogP contribution in [0.3, 0.4) is 0 Å². The van der Waals surface area contributed by atoms with Crippen molar-refractivity contribution in [2.45, 2.75) is 13.8 Å². The van der Waals surface area contributed by atoms with E-state index in [0.717, 1.165) is 44.2 Å². The van der Waals surface area contributed by atoms with Crippen LogP contribution in [0, 0.1) is 25.2 Å². The minimum absolute atomic E-state index is 0.552. The summed E-state index contributed by atoms with van der Waals surface area (Å²) in [4.78, 5) is 14.6. The highest BCUT2D eigenvalue weighted by Crippen LogP contribution is 2.36. The Morgan fingerprint density at radius 2 is 1.02 bits per heavy atom. The molecule has 0 amide bonds. The molecule has 7 rings (SSSR count). The van der Waals surface area contributed by atoms with Gasteiger partial charge in [-0.3, -0.25) is 0 Å². The van der Waals surface area contributed by atoms with Gasteiger partial charge in [0.05, 0.1) is 22.3 Å². The molecule has 2 heterocycles. The molecule has 0 bridgehead atoms. The average molecular weight is 528 g/mol. The Hall–Kier alpha value is -5.60. The number of benzene rings is 5. The molecule has 0 fully saturated rings. The quantitative estimate of drug-likeness (QED) is 0.230. The number of aryl methyl sites for hydroxylation is 2. The van der Waals surface area contributed by atoms with E-state index in [4.69, 9.17) is 15.0 Å². The number of hydrogen-bond donors (Lipinski definition) is 0. The zero-order valence-corrected chi connectivity index (χ0v) is 22.7. The molecule has 5 aromatic carbocycles. The molecular weight excluding hydrogens is 502 g/mol. The summed E-state index contributed by atoms with van der Waals surface area (Å²) in [6, 6.07) is 41.0. The molecule has 5 nitrogen and oxygen atoms in total. The van der Waals surface area contributed by atoms with E-state index >= 15 is 0 Å². The zero-order valence-electron chi connectivity index (χ0n) is 22.7. The van der Waals surface area contributed by atoms with Gasteiger partial charge in [0.25, 0.3) is 0 Å². The molecule has 0 radical (unpaired) electrons. The summed E-state index contributed by atoms with van der Waals surface area (Å²) in [5.74, 6) is 1.75. The van der Waals surface area contributed by atoms with Crippen molar-refractivity contribution in [3.63, 3.8) is 0 Å². The lowest BCUT2D eigenvalue weighted by Gasteiger charge is -2.13. The topological polar surface area (TPSA) is 67.4 Å². The van der Waals surface area contributed by atoms with E-state index in [-0.39, 0.29) is 0 Å². The molecule has 0 aliphatic carbocycles. The maximum absolute atomic E-state index is 10.2. The van der Waals surface area contributed by atoms with Gasteiger partial charge in [-0.15, -0.1) is 0 Å². The summed E-state index contributed by atoms with van der Waals surface area (Å²) < 4.78 is 2.18. The van der Waals surface area contributed by atoms with Crippen LogP contribution in [0.15, 0.2) is 115 Å². The van der Waals surface area contributed by atoms with Crippen molar-refractivity contribution < 1.29 is 0 Å². The van der Waals surface area contributed by atoms with Gasteiger partial charge >= 0.3 is 0 Å². The van der Waals surface area contributed by atoms with Crippen molar-refractivity contribution in [3.8, 4) is 45.9 Å². The van der Waals surface area contributed by atoms with E-state index in [9.17, 15) is 5.26 Å². The van der Waals surface area contributed by atoms with Gasteiger partial charge in [0.15, 0.2) is 17.5 Å². The molecule has 0 N–H and O–H groups in total. The van der Waals surface area contributed by atoms with Crippen LogP contribution >= 0.6 is 0 Å². The first-order valence-corrected chi connectivity index (χ1v) is 13.5. The fourth-order valence-corrected chi connectivity index (χ4v) is 5.40. The van der Waals surface area contributed by atoms with E-state index in [0.29, 0.717) is 23.0 Å². The minimum Gasteiger partial charge on any atom is -0.308 e. The SMILES string of the molecule is Cc1ccc2c(c1)c1cc(C)ccc1n2-c1cc(-c2nc(-c3ccccc3)nc(-c3ccccc3)n2)ccc1C#N. The third-order valence-corrected chi connectivity index (χ3v) is 7.39. The lowest BCUT2D eigenvalue weighted by Crippen LogP contribution is -2.02. The Balaban J connectivity index is 1.49. The van der Waals surface area contributed by atoms with E-state index in [2.05, 4.69) is 60.9 Å². The molecule has 0 aliphatic heterocycles.